The monoisotopic (exact) mass is 242 g/mol. The first-order chi connectivity index (χ1) is 8.77. The second-order valence-corrected chi connectivity index (χ2v) is 5.15. The molecule has 2 aromatic heterocycles. The fraction of sp³-hybridized carbons (Fsp3) is 0.429. The number of nitrogens with zero attached hydrogens (tertiary/aromatic N) is 2. The number of pyridine rings is 1. The van der Waals surface area contributed by atoms with Crippen LogP contribution in [-0.2, 0) is 0 Å². The van der Waals surface area contributed by atoms with Crippen molar-refractivity contribution in [2.45, 2.75) is 32.1 Å². The molecule has 0 amide bonds. The number of anilines is 1. The van der Waals surface area contributed by atoms with Gasteiger partial charge in [-0.15, -0.1) is 0 Å². The average molecular weight is 242 g/mol. The first-order valence-corrected chi connectivity index (χ1v) is 6.51. The molecule has 3 rings (SSSR count). The van der Waals surface area contributed by atoms with Gasteiger partial charge in [-0.3, -0.25) is 10.1 Å². The lowest BCUT2D eigenvalue weighted by Crippen LogP contribution is -2.04. The molecule has 0 aliphatic heterocycles. The van der Waals surface area contributed by atoms with Crippen molar-refractivity contribution in [2.24, 2.45) is 5.92 Å². The zero-order valence-corrected chi connectivity index (χ0v) is 10.6. The van der Waals surface area contributed by atoms with E-state index < -0.39 is 0 Å². The molecule has 0 saturated heterocycles. The number of H-pyrrole nitrogens is 1. The number of hydrogen-bond donors (Lipinski definition) is 2. The van der Waals surface area contributed by atoms with Gasteiger partial charge in [0.1, 0.15) is 0 Å². The van der Waals surface area contributed by atoms with Crippen molar-refractivity contribution in [3.8, 4) is 11.1 Å². The fourth-order valence-electron chi connectivity index (χ4n) is 3.03. The Labute approximate surface area is 107 Å². The molecule has 4 nitrogen and oxygen atoms in total. The van der Waals surface area contributed by atoms with Crippen LogP contribution in [0.4, 0.5) is 5.82 Å². The smallest absolute Gasteiger partial charge is 0.153 e. The van der Waals surface area contributed by atoms with Crippen LogP contribution >= 0.6 is 0 Å². The van der Waals surface area contributed by atoms with Crippen molar-refractivity contribution in [1.82, 2.24) is 15.2 Å². The second-order valence-electron chi connectivity index (χ2n) is 5.15. The Hall–Kier alpha value is -1.84. The minimum atomic E-state index is 0.546. The molecular weight excluding hydrogens is 224 g/mol. The number of aromatic nitrogens is 3. The highest BCUT2D eigenvalue weighted by Gasteiger charge is 2.29. The number of nitrogens with two attached hydrogens (primary N) is 1. The number of hydrogen-bond acceptors (Lipinski definition) is 3. The van der Waals surface area contributed by atoms with E-state index in [1.165, 1.54) is 25.0 Å². The van der Waals surface area contributed by atoms with Crippen molar-refractivity contribution in [1.29, 1.82) is 0 Å². The molecule has 18 heavy (non-hydrogen) atoms. The standard InChI is InChI=1S/C14H18N4/c1-9-4-2-6-11(9)13-12(14(15)18-17-13)10-5-3-7-16-8-10/h3,5,7-9,11H,2,4,6H2,1H3,(H3,15,17,18). The molecule has 2 unspecified atom stereocenters. The van der Waals surface area contributed by atoms with Crippen LogP contribution in [0.1, 0.15) is 37.8 Å². The van der Waals surface area contributed by atoms with Crippen LogP contribution in [0.5, 0.6) is 0 Å². The Balaban J connectivity index is 2.07. The summed E-state index contributed by atoms with van der Waals surface area (Å²) in [7, 11) is 0. The van der Waals surface area contributed by atoms with Crippen LogP contribution in [0.2, 0.25) is 0 Å². The quantitative estimate of drug-likeness (QED) is 0.850. The minimum absolute atomic E-state index is 0.546. The van der Waals surface area contributed by atoms with E-state index in [9.17, 15) is 0 Å². The first-order valence-electron chi connectivity index (χ1n) is 6.51. The predicted octanol–water partition coefficient (Wildman–Crippen LogP) is 2.96. The maximum atomic E-state index is 6.02. The zero-order valence-electron chi connectivity index (χ0n) is 10.6. The molecule has 0 bridgehead atoms. The van der Waals surface area contributed by atoms with Crippen molar-refractivity contribution >= 4 is 5.82 Å². The van der Waals surface area contributed by atoms with Gasteiger partial charge >= 0.3 is 0 Å². The van der Waals surface area contributed by atoms with Crippen LogP contribution < -0.4 is 5.73 Å². The second kappa shape index (κ2) is 4.44. The maximum absolute atomic E-state index is 6.02. The Kier molecular flexibility index (Phi) is 2.78. The first kappa shape index (κ1) is 11.3. The minimum Gasteiger partial charge on any atom is -0.382 e. The SMILES string of the molecule is CC1CCCC1c1[nH]nc(N)c1-c1cccnc1. The van der Waals surface area contributed by atoms with Crippen molar-refractivity contribution in [3.05, 3.63) is 30.2 Å². The Morgan fingerprint density at radius 2 is 2.28 bits per heavy atom. The van der Waals surface area contributed by atoms with E-state index in [4.69, 9.17) is 5.73 Å². The van der Waals surface area contributed by atoms with Crippen LogP contribution in [0.15, 0.2) is 24.5 Å². The molecule has 4 heteroatoms. The van der Waals surface area contributed by atoms with E-state index in [1.54, 1.807) is 6.20 Å². The Bertz CT molecular complexity index is 532. The molecule has 0 spiro atoms. The summed E-state index contributed by atoms with van der Waals surface area (Å²) in [6, 6.07) is 3.97. The molecule has 2 heterocycles. The summed E-state index contributed by atoms with van der Waals surface area (Å²) >= 11 is 0. The summed E-state index contributed by atoms with van der Waals surface area (Å²) in [4.78, 5) is 4.17. The van der Waals surface area contributed by atoms with Gasteiger partial charge in [0.2, 0.25) is 0 Å². The highest BCUT2D eigenvalue weighted by Crippen LogP contribution is 2.43. The van der Waals surface area contributed by atoms with Gasteiger partial charge in [-0.25, -0.2) is 0 Å². The van der Waals surface area contributed by atoms with Crippen LogP contribution in [0.3, 0.4) is 0 Å². The van der Waals surface area contributed by atoms with E-state index >= 15 is 0 Å². The predicted molar refractivity (Wildman–Crippen MR) is 72.0 cm³/mol. The van der Waals surface area contributed by atoms with Gasteiger partial charge < -0.3 is 5.73 Å². The Morgan fingerprint density at radius 1 is 1.39 bits per heavy atom. The zero-order chi connectivity index (χ0) is 12.5. The third-order valence-corrected chi connectivity index (χ3v) is 4.00. The highest BCUT2D eigenvalue weighted by molar-refractivity contribution is 5.76. The van der Waals surface area contributed by atoms with Gasteiger partial charge in [0.25, 0.3) is 0 Å². The molecule has 1 aliphatic carbocycles. The van der Waals surface area contributed by atoms with Crippen LogP contribution in [-0.4, -0.2) is 15.2 Å². The summed E-state index contributed by atoms with van der Waals surface area (Å²) < 4.78 is 0. The van der Waals surface area contributed by atoms with Crippen LogP contribution in [0, 0.1) is 5.92 Å². The van der Waals surface area contributed by atoms with Gasteiger partial charge in [0.15, 0.2) is 5.82 Å². The van der Waals surface area contributed by atoms with Gasteiger partial charge in [0.05, 0.1) is 0 Å². The highest BCUT2D eigenvalue weighted by atomic mass is 15.2. The van der Waals surface area contributed by atoms with E-state index in [0.29, 0.717) is 17.7 Å². The fourth-order valence-corrected chi connectivity index (χ4v) is 3.03. The molecular formula is C14H18N4. The summed E-state index contributed by atoms with van der Waals surface area (Å²) in [5.74, 6) is 1.82. The Morgan fingerprint density at radius 3 is 2.94 bits per heavy atom. The molecule has 3 N–H and O–H groups in total. The number of nitrogens with one attached hydrogen (secondary N) is 1. The van der Waals surface area contributed by atoms with E-state index in [-0.39, 0.29) is 0 Å². The number of nitrogen functional groups attached to an aromatic ring is 1. The topological polar surface area (TPSA) is 67.6 Å². The van der Waals surface area contributed by atoms with Gasteiger partial charge in [0, 0.05) is 35.1 Å². The molecule has 2 atom stereocenters. The van der Waals surface area contributed by atoms with Gasteiger partial charge in [-0.1, -0.05) is 25.8 Å². The molecule has 0 radical (unpaired) electrons. The van der Waals surface area contributed by atoms with E-state index in [2.05, 4.69) is 22.1 Å². The summed E-state index contributed by atoms with van der Waals surface area (Å²) in [5, 5.41) is 7.34. The average Bonchev–Trinajstić information content (AvgIpc) is 2.96. The molecule has 1 fully saturated rings. The summed E-state index contributed by atoms with van der Waals surface area (Å²) in [5.41, 5.74) is 9.30. The third kappa shape index (κ3) is 1.78. The van der Waals surface area contributed by atoms with Crippen molar-refractivity contribution in [3.63, 3.8) is 0 Å². The van der Waals surface area contributed by atoms with Gasteiger partial charge in [-0.05, 0) is 18.4 Å². The van der Waals surface area contributed by atoms with Crippen molar-refractivity contribution in [2.75, 3.05) is 5.73 Å². The van der Waals surface area contributed by atoms with Crippen molar-refractivity contribution < 1.29 is 0 Å². The summed E-state index contributed by atoms with van der Waals surface area (Å²) in [6.45, 7) is 2.31. The largest absolute Gasteiger partial charge is 0.382 e. The van der Waals surface area contributed by atoms with Gasteiger partial charge in [-0.2, -0.15) is 5.10 Å². The normalized spacial score (nSPS) is 23.4. The van der Waals surface area contributed by atoms with E-state index in [0.717, 1.165) is 11.1 Å². The summed E-state index contributed by atoms with van der Waals surface area (Å²) in [6.07, 6.45) is 7.42. The molecule has 94 valence electrons. The number of aromatic amines is 1. The maximum Gasteiger partial charge on any atom is 0.153 e. The molecule has 1 saturated carbocycles. The lowest BCUT2D eigenvalue weighted by Gasteiger charge is -2.15. The molecule has 1 aliphatic rings. The van der Waals surface area contributed by atoms with Crippen LogP contribution in [0.25, 0.3) is 11.1 Å². The lowest BCUT2D eigenvalue weighted by atomic mass is 9.90. The number of rotatable bonds is 2. The lowest BCUT2D eigenvalue weighted by molar-refractivity contribution is 0.522. The molecule has 0 aromatic carbocycles. The molecule has 2 aromatic rings. The third-order valence-electron chi connectivity index (χ3n) is 4.00. The van der Waals surface area contributed by atoms with E-state index in [1.807, 2.05) is 18.3 Å².